The van der Waals surface area contributed by atoms with Crippen molar-refractivity contribution in [3.63, 3.8) is 0 Å². The summed E-state index contributed by atoms with van der Waals surface area (Å²) in [6.45, 7) is 5.43. The first-order valence-corrected chi connectivity index (χ1v) is 15.2. The lowest BCUT2D eigenvalue weighted by atomic mass is 10.1. The first-order chi connectivity index (χ1) is 22.5. The molecule has 3 amide bonds. The average molecular weight is 618 g/mol. The number of carbonyl (C=O) groups excluding carboxylic acids is 2. The van der Waals surface area contributed by atoms with E-state index in [0.717, 1.165) is 28.3 Å². The van der Waals surface area contributed by atoms with Gasteiger partial charge in [-0.1, -0.05) is 36.4 Å². The average Bonchev–Trinajstić information content (AvgIpc) is 3.58. The molecule has 0 bridgehead atoms. The van der Waals surface area contributed by atoms with Crippen LogP contribution in [0.15, 0.2) is 85.5 Å². The lowest BCUT2D eigenvalue weighted by Crippen LogP contribution is -2.40. The third-order valence-corrected chi connectivity index (χ3v) is 7.97. The van der Waals surface area contributed by atoms with Crippen LogP contribution in [-0.4, -0.2) is 69.1 Å². The number of hydrogen-bond acceptors (Lipinski definition) is 8. The molecule has 12 heteroatoms. The Kier molecular flexibility index (Phi) is 9.22. The van der Waals surface area contributed by atoms with Gasteiger partial charge in [-0.3, -0.25) is 4.79 Å². The van der Waals surface area contributed by atoms with Crippen LogP contribution in [0.25, 0.3) is 5.70 Å². The Morgan fingerprint density at radius 1 is 1.04 bits per heavy atom. The lowest BCUT2D eigenvalue weighted by molar-refractivity contribution is 0.0302. The molecule has 234 valence electrons. The smallest absolute Gasteiger partial charge is 0.322 e. The maximum absolute atomic E-state index is 13.4. The van der Waals surface area contributed by atoms with Crippen molar-refractivity contribution in [1.82, 2.24) is 24.3 Å². The largest absolute Gasteiger partial charge is 0.378 e. The predicted molar refractivity (Wildman–Crippen MR) is 175 cm³/mol. The molecule has 2 aliphatic rings. The molecule has 1 saturated heterocycles. The van der Waals surface area contributed by atoms with Gasteiger partial charge in [0.25, 0.3) is 5.91 Å². The van der Waals surface area contributed by atoms with Crippen molar-refractivity contribution in [3.8, 4) is 6.07 Å². The zero-order chi connectivity index (χ0) is 31.9. The molecule has 0 aliphatic carbocycles. The molecule has 4 heterocycles. The minimum absolute atomic E-state index is 0.0587. The molecule has 2 aliphatic heterocycles. The van der Waals surface area contributed by atoms with Gasteiger partial charge in [-0.05, 0) is 42.3 Å². The fourth-order valence-electron chi connectivity index (χ4n) is 5.51. The lowest BCUT2D eigenvalue weighted by Gasteiger charge is -2.30. The number of anilines is 3. The minimum Gasteiger partial charge on any atom is -0.378 e. The molecule has 6 rings (SSSR count). The highest BCUT2D eigenvalue weighted by molar-refractivity contribution is 5.94. The Bertz CT molecular complexity index is 1760. The zero-order valence-electron chi connectivity index (χ0n) is 25.6. The van der Waals surface area contributed by atoms with Gasteiger partial charge >= 0.3 is 6.03 Å². The van der Waals surface area contributed by atoms with Crippen LogP contribution in [0.3, 0.4) is 0 Å². The maximum Gasteiger partial charge on any atom is 0.322 e. The number of nitriles is 1. The number of fused-ring (bicyclic) bond motifs is 1. The van der Waals surface area contributed by atoms with E-state index in [-0.39, 0.29) is 18.4 Å². The standard InChI is InChI=1S/C34H35N9O3/c1-25-28(39-34(45)41(15-6-13-35)22-26-7-3-2-4-8-26)9-5-10-30(25)43-23-29(32-36-14-16-42(32)24-43)38-31-12-11-27(21-37-31)33(44)40-17-19-46-20-18-40/h2-5,7-12,14,16,21,23H,6,15,17-20,22,24H2,1H3,(H,37,38)(H,39,45). The SMILES string of the molecule is Cc1c(NC(=O)N(CCC#N)Cc2ccccc2)cccc1N1C=C(Nc2ccc(C(=O)N3CCOCC3)cn2)c2nccn2C1. The van der Waals surface area contributed by atoms with E-state index < -0.39 is 0 Å². The fraction of sp³-hybridized carbons (Fsp3) is 0.265. The van der Waals surface area contributed by atoms with E-state index in [0.29, 0.717) is 63.1 Å². The number of nitrogens with zero attached hydrogens (tertiary/aromatic N) is 7. The molecule has 12 nitrogen and oxygen atoms in total. The van der Waals surface area contributed by atoms with E-state index in [1.54, 1.807) is 34.3 Å². The highest BCUT2D eigenvalue weighted by Gasteiger charge is 2.23. The Morgan fingerprint density at radius 2 is 1.87 bits per heavy atom. The normalized spacial score (nSPS) is 14.1. The summed E-state index contributed by atoms with van der Waals surface area (Å²) in [4.78, 5) is 40.9. The van der Waals surface area contributed by atoms with Crippen LogP contribution in [0, 0.1) is 18.3 Å². The summed E-state index contributed by atoms with van der Waals surface area (Å²) in [5.41, 5.74) is 4.72. The molecular weight excluding hydrogens is 582 g/mol. The van der Waals surface area contributed by atoms with Crippen LogP contribution in [0.1, 0.15) is 33.7 Å². The molecule has 4 aromatic rings. The van der Waals surface area contributed by atoms with Crippen molar-refractivity contribution < 1.29 is 14.3 Å². The Hall–Kier alpha value is -5.67. The van der Waals surface area contributed by atoms with E-state index in [1.807, 2.05) is 72.4 Å². The van der Waals surface area contributed by atoms with Crippen LogP contribution in [0.4, 0.5) is 22.0 Å². The number of pyridine rings is 1. The molecule has 2 aromatic carbocycles. The number of amides is 3. The molecule has 1 fully saturated rings. The number of morpholine rings is 1. The molecule has 46 heavy (non-hydrogen) atoms. The van der Waals surface area contributed by atoms with Crippen LogP contribution < -0.4 is 15.5 Å². The van der Waals surface area contributed by atoms with Gasteiger partial charge in [-0.2, -0.15) is 5.26 Å². The topological polar surface area (TPSA) is 132 Å². The van der Waals surface area contributed by atoms with E-state index in [1.165, 1.54) is 0 Å². The summed E-state index contributed by atoms with van der Waals surface area (Å²) in [5, 5.41) is 15.6. The summed E-state index contributed by atoms with van der Waals surface area (Å²) in [6.07, 6.45) is 7.45. The summed E-state index contributed by atoms with van der Waals surface area (Å²) in [7, 11) is 0. The minimum atomic E-state index is -0.269. The number of ether oxygens (including phenoxy) is 1. The second kappa shape index (κ2) is 14.0. The number of urea groups is 1. The van der Waals surface area contributed by atoms with Crippen LogP contribution in [-0.2, 0) is 18.0 Å². The molecule has 0 spiro atoms. The van der Waals surface area contributed by atoms with Crippen LogP contribution in [0.2, 0.25) is 0 Å². The fourth-order valence-corrected chi connectivity index (χ4v) is 5.51. The number of hydrogen-bond donors (Lipinski definition) is 2. The number of imidazole rings is 1. The van der Waals surface area contributed by atoms with Gasteiger partial charge in [0.1, 0.15) is 12.5 Å². The van der Waals surface area contributed by atoms with E-state index in [9.17, 15) is 14.9 Å². The van der Waals surface area contributed by atoms with Gasteiger partial charge in [0.05, 0.1) is 37.0 Å². The van der Waals surface area contributed by atoms with Gasteiger partial charge in [-0.25, -0.2) is 14.8 Å². The van der Waals surface area contributed by atoms with Crippen molar-refractivity contribution in [2.75, 3.05) is 48.4 Å². The third kappa shape index (κ3) is 6.85. The first-order valence-electron chi connectivity index (χ1n) is 15.2. The molecule has 0 radical (unpaired) electrons. The molecule has 0 atom stereocenters. The van der Waals surface area contributed by atoms with Gasteiger partial charge < -0.3 is 34.6 Å². The second-order valence-corrected chi connectivity index (χ2v) is 11.0. The van der Waals surface area contributed by atoms with Crippen molar-refractivity contribution >= 4 is 34.8 Å². The zero-order valence-corrected chi connectivity index (χ0v) is 25.6. The third-order valence-electron chi connectivity index (χ3n) is 7.97. The Labute approximate surface area is 267 Å². The van der Waals surface area contributed by atoms with E-state index in [4.69, 9.17) is 4.74 Å². The first kappa shape index (κ1) is 30.4. The maximum atomic E-state index is 13.4. The molecular formula is C34H35N9O3. The number of aromatic nitrogens is 3. The van der Waals surface area contributed by atoms with Crippen molar-refractivity contribution in [1.29, 1.82) is 5.26 Å². The summed E-state index contributed by atoms with van der Waals surface area (Å²) >= 11 is 0. The Balaban J connectivity index is 1.20. The molecule has 0 saturated carbocycles. The second-order valence-electron chi connectivity index (χ2n) is 11.0. The number of nitrogens with one attached hydrogen (secondary N) is 2. The quantitative estimate of drug-likeness (QED) is 0.271. The van der Waals surface area contributed by atoms with Gasteiger partial charge in [0.15, 0.2) is 5.82 Å². The summed E-state index contributed by atoms with van der Waals surface area (Å²) < 4.78 is 7.38. The molecule has 0 unspecified atom stereocenters. The highest BCUT2D eigenvalue weighted by atomic mass is 16.5. The molecule has 2 N–H and O–H groups in total. The highest BCUT2D eigenvalue weighted by Crippen LogP contribution is 2.32. The van der Waals surface area contributed by atoms with Crippen LogP contribution in [0.5, 0.6) is 0 Å². The van der Waals surface area contributed by atoms with Crippen molar-refractivity contribution in [3.05, 3.63) is 108 Å². The summed E-state index contributed by atoms with van der Waals surface area (Å²) in [5.74, 6) is 1.27. The Morgan fingerprint density at radius 3 is 2.63 bits per heavy atom. The number of benzene rings is 2. The van der Waals surface area contributed by atoms with Crippen molar-refractivity contribution in [2.45, 2.75) is 26.6 Å². The summed E-state index contributed by atoms with van der Waals surface area (Å²) in [6, 6.07) is 20.9. The number of carbonyl (C=O) groups is 2. The number of rotatable bonds is 9. The van der Waals surface area contributed by atoms with Crippen LogP contribution >= 0.6 is 0 Å². The van der Waals surface area contributed by atoms with Crippen molar-refractivity contribution in [2.24, 2.45) is 0 Å². The van der Waals surface area contributed by atoms with E-state index in [2.05, 4.69) is 31.6 Å². The predicted octanol–water partition coefficient (Wildman–Crippen LogP) is 4.89. The monoisotopic (exact) mass is 617 g/mol. The van der Waals surface area contributed by atoms with Gasteiger partial charge in [-0.15, -0.1) is 0 Å². The molecule has 2 aromatic heterocycles. The van der Waals surface area contributed by atoms with Gasteiger partial charge in [0.2, 0.25) is 0 Å². The van der Waals surface area contributed by atoms with Gasteiger partial charge in [0, 0.05) is 62.3 Å². The van der Waals surface area contributed by atoms with E-state index >= 15 is 0 Å².